The normalized spacial score (nSPS) is 11.1. The Morgan fingerprint density at radius 3 is 2.43 bits per heavy atom. The summed E-state index contributed by atoms with van der Waals surface area (Å²) in [7, 11) is 0. The van der Waals surface area contributed by atoms with Gasteiger partial charge in [-0.2, -0.15) is 0 Å². The number of allylic oxidation sites excluding steroid dienone is 1. The molecule has 0 fully saturated rings. The van der Waals surface area contributed by atoms with Crippen LogP contribution >= 0.6 is 0 Å². The summed E-state index contributed by atoms with van der Waals surface area (Å²) in [6, 6.07) is 14.9. The van der Waals surface area contributed by atoms with Crippen LogP contribution in [0.15, 0.2) is 60.7 Å². The van der Waals surface area contributed by atoms with Gasteiger partial charge in [0.15, 0.2) is 17.3 Å². The predicted molar refractivity (Wildman–Crippen MR) is 88.7 cm³/mol. The number of rotatable bonds is 3. The highest BCUT2D eigenvalue weighted by Crippen LogP contribution is 2.29. The molecular weight excluding hydrogens is 292 g/mol. The van der Waals surface area contributed by atoms with Gasteiger partial charge in [-0.05, 0) is 35.2 Å². The molecule has 3 aromatic rings. The maximum atomic E-state index is 12.3. The van der Waals surface area contributed by atoms with E-state index >= 15 is 0 Å². The number of phenols is 3. The zero-order valence-corrected chi connectivity index (χ0v) is 12.1. The van der Waals surface area contributed by atoms with Gasteiger partial charge >= 0.3 is 0 Å². The van der Waals surface area contributed by atoms with Crippen molar-refractivity contribution < 1.29 is 20.1 Å². The van der Waals surface area contributed by atoms with Gasteiger partial charge in [0, 0.05) is 5.39 Å². The summed E-state index contributed by atoms with van der Waals surface area (Å²) in [5.41, 5.74) is 0.775. The van der Waals surface area contributed by atoms with Crippen molar-refractivity contribution in [3.8, 4) is 17.2 Å². The number of ketones is 1. The van der Waals surface area contributed by atoms with E-state index in [1.165, 1.54) is 24.3 Å². The van der Waals surface area contributed by atoms with Crippen LogP contribution in [0.3, 0.4) is 0 Å². The highest BCUT2D eigenvalue weighted by molar-refractivity contribution is 6.11. The number of hydrogen-bond acceptors (Lipinski definition) is 4. The number of benzene rings is 3. The van der Waals surface area contributed by atoms with Crippen LogP contribution in [0.25, 0.3) is 16.8 Å². The van der Waals surface area contributed by atoms with Crippen molar-refractivity contribution in [2.45, 2.75) is 0 Å². The number of hydrogen-bond donors (Lipinski definition) is 3. The minimum atomic E-state index is -0.346. The zero-order valence-electron chi connectivity index (χ0n) is 12.1. The Balaban J connectivity index is 1.92. The van der Waals surface area contributed by atoms with Crippen LogP contribution in [0.5, 0.6) is 17.2 Å². The van der Waals surface area contributed by atoms with Crippen LogP contribution in [0.4, 0.5) is 0 Å². The topological polar surface area (TPSA) is 77.8 Å². The lowest BCUT2D eigenvalue weighted by molar-refractivity contribution is 0.104. The first-order chi connectivity index (χ1) is 11.1. The molecule has 114 valence electrons. The molecule has 0 unspecified atom stereocenters. The molecule has 0 heterocycles. The van der Waals surface area contributed by atoms with Gasteiger partial charge in [-0.1, -0.05) is 42.5 Å². The molecule has 0 radical (unpaired) electrons. The molecule has 3 N–H and O–H groups in total. The molecule has 0 aliphatic carbocycles. The van der Waals surface area contributed by atoms with Gasteiger partial charge in [0.2, 0.25) is 0 Å². The van der Waals surface area contributed by atoms with Crippen molar-refractivity contribution in [2.75, 3.05) is 0 Å². The van der Waals surface area contributed by atoms with Crippen molar-refractivity contribution in [1.82, 2.24) is 0 Å². The average molecular weight is 306 g/mol. The fourth-order valence-corrected chi connectivity index (χ4v) is 2.36. The van der Waals surface area contributed by atoms with Crippen LogP contribution in [0.2, 0.25) is 0 Å². The van der Waals surface area contributed by atoms with E-state index in [9.17, 15) is 20.1 Å². The Hall–Kier alpha value is -3.27. The van der Waals surface area contributed by atoms with Gasteiger partial charge < -0.3 is 15.3 Å². The number of fused-ring (bicyclic) bond motifs is 1. The van der Waals surface area contributed by atoms with Gasteiger partial charge in [-0.25, -0.2) is 0 Å². The van der Waals surface area contributed by atoms with Crippen LogP contribution in [0, 0.1) is 0 Å². The minimum absolute atomic E-state index is 0.0497. The summed E-state index contributed by atoms with van der Waals surface area (Å²) in [5, 5.41) is 30.4. The summed E-state index contributed by atoms with van der Waals surface area (Å²) in [6.07, 6.45) is 2.83. The maximum Gasteiger partial charge on any atom is 0.189 e. The van der Waals surface area contributed by atoms with Gasteiger partial charge in [0.25, 0.3) is 0 Å². The molecule has 4 nitrogen and oxygen atoms in total. The monoisotopic (exact) mass is 306 g/mol. The number of carbonyl (C=O) groups excluding carboxylic acids is 1. The fraction of sp³-hybridized carbons (Fsp3) is 0. The van der Waals surface area contributed by atoms with E-state index in [2.05, 4.69) is 0 Å². The molecule has 3 aromatic carbocycles. The largest absolute Gasteiger partial charge is 0.507 e. The van der Waals surface area contributed by atoms with Gasteiger partial charge in [0.05, 0.1) is 5.56 Å². The zero-order chi connectivity index (χ0) is 16.4. The Kier molecular flexibility index (Phi) is 3.73. The molecule has 3 rings (SSSR count). The van der Waals surface area contributed by atoms with E-state index in [0.29, 0.717) is 10.9 Å². The van der Waals surface area contributed by atoms with E-state index in [-0.39, 0.29) is 28.6 Å². The predicted octanol–water partition coefficient (Wildman–Crippen LogP) is 3.85. The molecule has 0 spiro atoms. The third-order valence-electron chi connectivity index (χ3n) is 3.59. The standard InChI is InChI=1S/C19H14O4/c20-16(9-5-12-6-10-17(21)18(22)11-12)15-8-7-13-3-1-2-4-14(13)19(15)23/h1-11,21-23H. The lowest BCUT2D eigenvalue weighted by Crippen LogP contribution is -1.95. The third kappa shape index (κ3) is 2.87. The third-order valence-corrected chi connectivity index (χ3v) is 3.59. The van der Waals surface area contributed by atoms with Gasteiger partial charge in [-0.3, -0.25) is 4.79 Å². The molecule has 0 saturated carbocycles. The van der Waals surface area contributed by atoms with Crippen molar-refractivity contribution in [3.05, 3.63) is 71.8 Å². The van der Waals surface area contributed by atoms with Crippen molar-refractivity contribution >= 4 is 22.6 Å². The summed E-state index contributed by atoms with van der Waals surface area (Å²) in [6.45, 7) is 0. The highest BCUT2D eigenvalue weighted by atomic mass is 16.3. The molecule has 4 heteroatoms. The number of carbonyl (C=O) groups is 1. The van der Waals surface area contributed by atoms with Crippen molar-refractivity contribution in [2.24, 2.45) is 0 Å². The number of phenolic OH excluding ortho intramolecular Hbond substituents is 3. The molecule has 0 aliphatic rings. The van der Waals surface area contributed by atoms with Gasteiger partial charge in [-0.15, -0.1) is 0 Å². The molecule has 0 amide bonds. The quantitative estimate of drug-likeness (QED) is 0.390. The molecular formula is C19H14O4. The Bertz CT molecular complexity index is 926. The highest BCUT2D eigenvalue weighted by Gasteiger charge is 2.11. The van der Waals surface area contributed by atoms with E-state index in [1.807, 2.05) is 12.1 Å². The lowest BCUT2D eigenvalue weighted by Gasteiger charge is -2.05. The smallest absolute Gasteiger partial charge is 0.189 e. The lowest BCUT2D eigenvalue weighted by atomic mass is 10.0. The van der Waals surface area contributed by atoms with Crippen LogP contribution in [-0.2, 0) is 0 Å². The van der Waals surface area contributed by atoms with Crippen LogP contribution < -0.4 is 0 Å². The van der Waals surface area contributed by atoms with E-state index in [0.717, 1.165) is 5.39 Å². The molecule has 0 aliphatic heterocycles. The summed E-state index contributed by atoms with van der Waals surface area (Å²) < 4.78 is 0. The van der Waals surface area contributed by atoms with Crippen molar-refractivity contribution in [3.63, 3.8) is 0 Å². The van der Waals surface area contributed by atoms with Crippen molar-refractivity contribution in [1.29, 1.82) is 0 Å². The second-order valence-corrected chi connectivity index (χ2v) is 5.13. The molecule has 0 bridgehead atoms. The molecule has 23 heavy (non-hydrogen) atoms. The Morgan fingerprint density at radius 1 is 0.870 bits per heavy atom. The van der Waals surface area contributed by atoms with Crippen LogP contribution in [-0.4, -0.2) is 21.1 Å². The van der Waals surface area contributed by atoms with E-state index < -0.39 is 0 Å². The molecule has 0 atom stereocenters. The molecule has 0 saturated heterocycles. The summed E-state index contributed by atoms with van der Waals surface area (Å²) in [4.78, 5) is 12.3. The SMILES string of the molecule is O=C(C=Cc1ccc(O)c(O)c1)c1ccc2ccccc2c1O. The summed E-state index contributed by atoms with van der Waals surface area (Å²) >= 11 is 0. The van der Waals surface area contributed by atoms with Gasteiger partial charge in [0.1, 0.15) is 5.75 Å². The van der Waals surface area contributed by atoms with Crippen LogP contribution in [0.1, 0.15) is 15.9 Å². The maximum absolute atomic E-state index is 12.3. The van der Waals surface area contributed by atoms with E-state index in [1.54, 1.807) is 30.3 Å². The first kappa shape index (κ1) is 14.7. The fourth-order valence-electron chi connectivity index (χ4n) is 2.36. The minimum Gasteiger partial charge on any atom is -0.507 e. The second-order valence-electron chi connectivity index (χ2n) is 5.13. The Morgan fingerprint density at radius 2 is 1.65 bits per heavy atom. The number of aromatic hydroxyl groups is 3. The second kappa shape index (κ2) is 5.85. The van der Waals surface area contributed by atoms with E-state index in [4.69, 9.17) is 0 Å². The first-order valence-corrected chi connectivity index (χ1v) is 7.01. The first-order valence-electron chi connectivity index (χ1n) is 7.01. The summed E-state index contributed by atoms with van der Waals surface area (Å²) in [5.74, 6) is -0.874. The molecule has 0 aromatic heterocycles. The average Bonchev–Trinajstić information content (AvgIpc) is 2.56. The Labute approximate surface area is 132 Å².